The van der Waals surface area contributed by atoms with Crippen molar-refractivity contribution in [3.63, 3.8) is 0 Å². The van der Waals surface area contributed by atoms with Crippen molar-refractivity contribution in [2.75, 3.05) is 17.7 Å². The normalized spacial score (nSPS) is 10.8. The lowest BCUT2D eigenvalue weighted by Gasteiger charge is -2.10. The molecule has 0 aromatic heterocycles. The predicted molar refractivity (Wildman–Crippen MR) is 121 cm³/mol. The molecule has 0 aliphatic carbocycles. The van der Waals surface area contributed by atoms with Crippen molar-refractivity contribution in [3.05, 3.63) is 95.6 Å². The molecule has 3 aromatic carbocycles. The molecule has 0 atom stereocenters. The molecule has 3 aromatic rings. The smallest absolute Gasteiger partial charge is 0.259 e. The number of hydrogen-bond donors (Lipinski definition) is 2. The maximum atomic E-state index is 13.1. The molecule has 6 heteroatoms. The van der Waals surface area contributed by atoms with Crippen molar-refractivity contribution in [2.24, 2.45) is 0 Å². The SMILES string of the molecule is COc1cccc(NC(=O)/C(=C/c2ccc(NC(C)=O)cc2)C(=O)c2ccccc2)c1. The molecule has 0 aliphatic rings. The van der Waals surface area contributed by atoms with Gasteiger partial charge in [-0.15, -0.1) is 0 Å². The lowest BCUT2D eigenvalue weighted by molar-refractivity contribution is -0.114. The molecule has 156 valence electrons. The Morgan fingerprint density at radius 2 is 1.52 bits per heavy atom. The summed E-state index contributed by atoms with van der Waals surface area (Å²) in [5.74, 6) is -0.521. The van der Waals surface area contributed by atoms with Gasteiger partial charge in [-0.1, -0.05) is 48.5 Å². The molecule has 0 heterocycles. The van der Waals surface area contributed by atoms with E-state index in [1.165, 1.54) is 20.1 Å². The van der Waals surface area contributed by atoms with Gasteiger partial charge in [0.15, 0.2) is 5.78 Å². The quantitative estimate of drug-likeness (QED) is 0.257. The van der Waals surface area contributed by atoms with Crippen LogP contribution in [0.4, 0.5) is 11.4 Å². The highest BCUT2D eigenvalue weighted by atomic mass is 16.5. The average Bonchev–Trinajstić information content (AvgIpc) is 2.78. The van der Waals surface area contributed by atoms with Crippen molar-refractivity contribution in [3.8, 4) is 5.75 Å². The summed E-state index contributed by atoms with van der Waals surface area (Å²) in [7, 11) is 1.54. The number of ether oxygens (including phenoxy) is 1. The van der Waals surface area contributed by atoms with E-state index in [0.717, 1.165) is 0 Å². The first-order valence-electron chi connectivity index (χ1n) is 9.61. The van der Waals surface area contributed by atoms with Crippen molar-refractivity contribution in [2.45, 2.75) is 6.92 Å². The number of methoxy groups -OCH3 is 1. The minimum atomic E-state index is -0.534. The van der Waals surface area contributed by atoms with Gasteiger partial charge in [0, 0.05) is 29.9 Å². The van der Waals surface area contributed by atoms with Gasteiger partial charge in [0.2, 0.25) is 5.91 Å². The van der Waals surface area contributed by atoms with Crippen LogP contribution < -0.4 is 15.4 Å². The molecular weight excluding hydrogens is 392 g/mol. The maximum absolute atomic E-state index is 13.1. The monoisotopic (exact) mass is 414 g/mol. The van der Waals surface area contributed by atoms with Crippen LogP contribution in [-0.2, 0) is 9.59 Å². The largest absolute Gasteiger partial charge is 0.497 e. The molecule has 2 amide bonds. The van der Waals surface area contributed by atoms with Gasteiger partial charge in [0.05, 0.1) is 12.7 Å². The summed E-state index contributed by atoms with van der Waals surface area (Å²) in [5, 5.41) is 5.44. The van der Waals surface area contributed by atoms with E-state index in [4.69, 9.17) is 4.74 Å². The Morgan fingerprint density at radius 3 is 2.16 bits per heavy atom. The van der Waals surface area contributed by atoms with Crippen molar-refractivity contribution >= 4 is 35.0 Å². The summed E-state index contributed by atoms with van der Waals surface area (Å²) in [4.78, 5) is 37.4. The molecule has 0 saturated carbocycles. The molecular formula is C25H22N2O4. The first-order chi connectivity index (χ1) is 15.0. The summed E-state index contributed by atoms with van der Waals surface area (Å²) in [6, 6.07) is 22.4. The number of amides is 2. The van der Waals surface area contributed by atoms with Gasteiger partial charge in [-0.3, -0.25) is 14.4 Å². The van der Waals surface area contributed by atoms with Crippen LogP contribution in [0, 0.1) is 0 Å². The van der Waals surface area contributed by atoms with E-state index in [1.54, 1.807) is 78.9 Å². The van der Waals surface area contributed by atoms with Crippen molar-refractivity contribution < 1.29 is 19.1 Å². The average molecular weight is 414 g/mol. The third kappa shape index (κ3) is 5.90. The lowest BCUT2D eigenvalue weighted by atomic mass is 10.00. The topological polar surface area (TPSA) is 84.5 Å². The van der Waals surface area contributed by atoms with Crippen LogP contribution in [0.1, 0.15) is 22.8 Å². The number of anilines is 2. The van der Waals surface area contributed by atoms with Gasteiger partial charge in [-0.2, -0.15) is 0 Å². The Kier molecular flexibility index (Phi) is 6.96. The van der Waals surface area contributed by atoms with Gasteiger partial charge in [-0.05, 0) is 35.9 Å². The Hall–Kier alpha value is -4.19. The molecule has 0 fully saturated rings. The number of nitrogens with one attached hydrogen (secondary N) is 2. The van der Waals surface area contributed by atoms with E-state index >= 15 is 0 Å². The van der Waals surface area contributed by atoms with E-state index in [0.29, 0.717) is 28.3 Å². The zero-order chi connectivity index (χ0) is 22.2. The predicted octanol–water partition coefficient (Wildman–Crippen LogP) is 4.56. The van der Waals surface area contributed by atoms with Crippen LogP contribution in [0.15, 0.2) is 84.4 Å². The number of carbonyl (C=O) groups is 3. The van der Waals surface area contributed by atoms with Gasteiger partial charge in [-0.25, -0.2) is 0 Å². The molecule has 0 unspecified atom stereocenters. The third-order valence-electron chi connectivity index (χ3n) is 4.39. The molecule has 31 heavy (non-hydrogen) atoms. The van der Waals surface area contributed by atoms with Crippen LogP contribution in [-0.4, -0.2) is 24.7 Å². The second-order valence-electron chi connectivity index (χ2n) is 6.74. The Morgan fingerprint density at radius 1 is 0.806 bits per heavy atom. The fourth-order valence-corrected chi connectivity index (χ4v) is 2.91. The molecule has 6 nitrogen and oxygen atoms in total. The van der Waals surface area contributed by atoms with Crippen LogP contribution in [0.5, 0.6) is 5.75 Å². The van der Waals surface area contributed by atoms with Crippen LogP contribution in [0.3, 0.4) is 0 Å². The number of Topliss-reactive ketones (excluding diaryl/α,β-unsaturated/α-hetero) is 1. The van der Waals surface area contributed by atoms with E-state index in [9.17, 15) is 14.4 Å². The number of rotatable bonds is 7. The Bertz CT molecular complexity index is 1120. The molecule has 0 aliphatic heterocycles. The second kappa shape index (κ2) is 10.0. The molecule has 0 bridgehead atoms. The highest BCUT2D eigenvalue weighted by Gasteiger charge is 2.20. The van der Waals surface area contributed by atoms with Crippen LogP contribution >= 0.6 is 0 Å². The van der Waals surface area contributed by atoms with Gasteiger partial charge in [0.25, 0.3) is 5.91 Å². The highest BCUT2D eigenvalue weighted by molar-refractivity contribution is 6.31. The van der Waals surface area contributed by atoms with E-state index < -0.39 is 11.7 Å². The molecule has 0 saturated heterocycles. The summed E-state index contributed by atoms with van der Waals surface area (Å²) in [6.45, 7) is 1.42. The standard InChI is InChI=1S/C25H22N2O4/c1-17(28)26-20-13-11-18(12-14-20)15-23(24(29)19-7-4-3-5-8-19)25(30)27-21-9-6-10-22(16-21)31-2/h3-16H,1-2H3,(H,26,28)(H,27,30)/b23-15+. The number of benzene rings is 3. The Labute approximate surface area is 180 Å². The van der Waals surface area contributed by atoms with E-state index in [2.05, 4.69) is 10.6 Å². The van der Waals surface area contributed by atoms with Gasteiger partial charge < -0.3 is 15.4 Å². The zero-order valence-corrected chi connectivity index (χ0v) is 17.2. The van der Waals surface area contributed by atoms with E-state index in [-0.39, 0.29) is 11.5 Å². The molecule has 0 radical (unpaired) electrons. The minimum Gasteiger partial charge on any atom is -0.497 e. The van der Waals surface area contributed by atoms with Crippen LogP contribution in [0.2, 0.25) is 0 Å². The second-order valence-corrected chi connectivity index (χ2v) is 6.74. The van der Waals surface area contributed by atoms with Crippen LogP contribution in [0.25, 0.3) is 6.08 Å². The molecule has 2 N–H and O–H groups in total. The van der Waals surface area contributed by atoms with Crippen molar-refractivity contribution in [1.29, 1.82) is 0 Å². The van der Waals surface area contributed by atoms with Gasteiger partial charge in [0.1, 0.15) is 5.75 Å². The highest BCUT2D eigenvalue weighted by Crippen LogP contribution is 2.20. The summed E-state index contributed by atoms with van der Waals surface area (Å²) in [5.41, 5.74) is 2.18. The summed E-state index contributed by atoms with van der Waals surface area (Å²) in [6.07, 6.45) is 1.53. The number of hydrogen-bond acceptors (Lipinski definition) is 4. The Balaban J connectivity index is 1.94. The fourth-order valence-electron chi connectivity index (χ4n) is 2.91. The third-order valence-corrected chi connectivity index (χ3v) is 4.39. The van der Waals surface area contributed by atoms with Crippen molar-refractivity contribution in [1.82, 2.24) is 0 Å². The first kappa shape index (κ1) is 21.5. The maximum Gasteiger partial charge on any atom is 0.259 e. The first-order valence-corrected chi connectivity index (χ1v) is 9.61. The minimum absolute atomic E-state index is 0.0127. The fraction of sp³-hybridized carbons (Fsp3) is 0.0800. The van der Waals surface area contributed by atoms with Gasteiger partial charge >= 0.3 is 0 Å². The van der Waals surface area contributed by atoms with E-state index in [1.807, 2.05) is 0 Å². The lowest BCUT2D eigenvalue weighted by Crippen LogP contribution is -2.20. The number of ketones is 1. The summed E-state index contributed by atoms with van der Waals surface area (Å²) >= 11 is 0. The number of carbonyl (C=O) groups excluding carboxylic acids is 3. The summed E-state index contributed by atoms with van der Waals surface area (Å²) < 4.78 is 5.19. The zero-order valence-electron chi connectivity index (χ0n) is 17.2. The molecule has 0 spiro atoms. The molecule has 3 rings (SSSR count).